The average Bonchev–Trinajstić information content (AvgIpc) is 2.24. The molecule has 0 spiro atoms. The number of rotatable bonds is 1. The minimum Gasteiger partial charge on any atom is -0.478 e. The Morgan fingerprint density at radius 3 is 1.95 bits per heavy atom. The second kappa shape index (κ2) is 4.46. The summed E-state index contributed by atoms with van der Waals surface area (Å²) < 4.78 is 75.3. The molecule has 0 aliphatic rings. The number of alkyl halides is 6. The van der Waals surface area contributed by atoms with E-state index in [1.807, 2.05) is 0 Å². The Balaban J connectivity index is 3.80. The minimum absolute atomic E-state index is 0.147. The monoisotopic (exact) mass is 283 g/mol. The summed E-state index contributed by atoms with van der Waals surface area (Å²) in [5.74, 6) is -1.87. The predicted molar refractivity (Wildman–Crippen MR) is 48.1 cm³/mol. The Bertz CT molecular complexity index is 567. The molecule has 0 saturated carbocycles. The largest absolute Gasteiger partial charge is 0.478 e. The minimum atomic E-state index is -5.43. The van der Waals surface area contributed by atoms with Crippen LogP contribution in [0.15, 0.2) is 12.1 Å². The lowest BCUT2D eigenvalue weighted by Gasteiger charge is -2.17. The number of hydrogen-bond acceptors (Lipinski definition) is 2. The number of benzene rings is 1. The van der Waals surface area contributed by atoms with Gasteiger partial charge in [0, 0.05) is 0 Å². The van der Waals surface area contributed by atoms with Crippen molar-refractivity contribution in [2.24, 2.45) is 0 Å². The zero-order chi connectivity index (χ0) is 15.0. The van der Waals surface area contributed by atoms with Gasteiger partial charge in [0.15, 0.2) is 0 Å². The molecule has 0 atom stereocenters. The van der Waals surface area contributed by atoms with Crippen LogP contribution in [0.5, 0.6) is 0 Å². The molecule has 0 unspecified atom stereocenters. The third kappa shape index (κ3) is 2.96. The summed E-state index contributed by atoms with van der Waals surface area (Å²) in [7, 11) is 0. The number of nitrogens with zero attached hydrogens (tertiary/aromatic N) is 1. The molecule has 0 amide bonds. The molecule has 0 fully saturated rings. The van der Waals surface area contributed by atoms with Gasteiger partial charge in [0.25, 0.3) is 0 Å². The standard InChI is InChI=1S/C10H3F6NO2/c11-9(12,13)6-2-4(8(18)19)1-5(3-17)7(6)10(14,15)16/h1-2H,(H,18,19). The van der Waals surface area contributed by atoms with E-state index in [2.05, 4.69) is 0 Å². The molecule has 0 aliphatic heterocycles. The first-order valence-electron chi connectivity index (χ1n) is 4.44. The smallest absolute Gasteiger partial charge is 0.418 e. The zero-order valence-corrected chi connectivity index (χ0v) is 8.73. The summed E-state index contributed by atoms with van der Waals surface area (Å²) in [6, 6.07) is 1.03. The highest BCUT2D eigenvalue weighted by Crippen LogP contribution is 2.42. The van der Waals surface area contributed by atoms with Crippen molar-refractivity contribution >= 4 is 5.97 Å². The summed E-state index contributed by atoms with van der Waals surface area (Å²) in [6.07, 6.45) is -10.9. The van der Waals surface area contributed by atoms with E-state index in [0.29, 0.717) is 0 Å². The maximum atomic E-state index is 12.6. The molecule has 0 radical (unpaired) electrons. The van der Waals surface area contributed by atoms with Crippen LogP contribution in [-0.2, 0) is 12.4 Å². The molecule has 19 heavy (non-hydrogen) atoms. The van der Waals surface area contributed by atoms with E-state index in [1.165, 1.54) is 0 Å². The molecular formula is C10H3F6NO2. The molecule has 1 N–H and O–H groups in total. The number of halogens is 6. The molecule has 1 aromatic rings. The summed E-state index contributed by atoms with van der Waals surface area (Å²) in [5.41, 5.74) is -6.82. The van der Waals surface area contributed by atoms with Crippen molar-refractivity contribution in [2.45, 2.75) is 12.4 Å². The molecule has 0 saturated heterocycles. The number of carboxylic acid groups (broad SMARTS) is 1. The van der Waals surface area contributed by atoms with Crippen molar-refractivity contribution in [3.63, 3.8) is 0 Å². The second-order valence-corrected chi connectivity index (χ2v) is 3.36. The van der Waals surface area contributed by atoms with Crippen LogP contribution in [0.1, 0.15) is 27.0 Å². The van der Waals surface area contributed by atoms with Crippen LogP contribution in [0.3, 0.4) is 0 Å². The van der Waals surface area contributed by atoms with Gasteiger partial charge < -0.3 is 5.11 Å². The maximum Gasteiger partial charge on any atom is 0.418 e. The lowest BCUT2D eigenvalue weighted by molar-refractivity contribution is -0.162. The van der Waals surface area contributed by atoms with Crippen LogP contribution in [0.25, 0.3) is 0 Å². The SMILES string of the molecule is N#Cc1cc(C(=O)O)cc(C(F)(F)F)c1C(F)(F)F. The Kier molecular flexibility index (Phi) is 3.48. The highest BCUT2D eigenvalue weighted by Gasteiger charge is 2.45. The van der Waals surface area contributed by atoms with E-state index >= 15 is 0 Å². The van der Waals surface area contributed by atoms with E-state index in [1.54, 1.807) is 0 Å². The van der Waals surface area contributed by atoms with Crippen molar-refractivity contribution in [1.29, 1.82) is 5.26 Å². The van der Waals surface area contributed by atoms with Crippen LogP contribution in [0, 0.1) is 11.3 Å². The molecule has 0 heterocycles. The van der Waals surface area contributed by atoms with E-state index < -0.39 is 40.6 Å². The Morgan fingerprint density at radius 1 is 1.11 bits per heavy atom. The van der Waals surface area contributed by atoms with Gasteiger partial charge in [0.2, 0.25) is 0 Å². The molecule has 0 bridgehead atoms. The van der Waals surface area contributed by atoms with Gasteiger partial charge in [-0.25, -0.2) is 4.79 Å². The lowest BCUT2D eigenvalue weighted by atomic mass is 9.97. The number of carboxylic acids is 1. The first-order valence-corrected chi connectivity index (χ1v) is 4.44. The van der Waals surface area contributed by atoms with Crippen LogP contribution in [0.2, 0.25) is 0 Å². The van der Waals surface area contributed by atoms with Crippen LogP contribution in [0.4, 0.5) is 26.3 Å². The van der Waals surface area contributed by atoms with Gasteiger partial charge in [0.05, 0.1) is 28.3 Å². The van der Waals surface area contributed by atoms with Gasteiger partial charge in [-0.1, -0.05) is 0 Å². The summed E-state index contributed by atoms with van der Waals surface area (Å²) in [6.45, 7) is 0. The third-order valence-electron chi connectivity index (χ3n) is 2.09. The second-order valence-electron chi connectivity index (χ2n) is 3.36. The molecule has 1 rings (SSSR count). The summed E-state index contributed by atoms with van der Waals surface area (Å²) >= 11 is 0. The van der Waals surface area contributed by atoms with Crippen molar-refractivity contribution in [3.8, 4) is 6.07 Å². The van der Waals surface area contributed by atoms with Crippen LogP contribution in [-0.4, -0.2) is 11.1 Å². The number of aromatic carboxylic acids is 1. The van der Waals surface area contributed by atoms with Gasteiger partial charge in [0.1, 0.15) is 0 Å². The van der Waals surface area contributed by atoms with Crippen LogP contribution >= 0.6 is 0 Å². The van der Waals surface area contributed by atoms with E-state index in [9.17, 15) is 31.1 Å². The van der Waals surface area contributed by atoms with Gasteiger partial charge >= 0.3 is 18.3 Å². The molecular weight excluding hydrogens is 280 g/mol. The van der Waals surface area contributed by atoms with Crippen LogP contribution < -0.4 is 0 Å². The molecule has 0 aromatic heterocycles. The molecule has 1 aromatic carbocycles. The predicted octanol–water partition coefficient (Wildman–Crippen LogP) is 3.29. The fourth-order valence-corrected chi connectivity index (χ4v) is 1.38. The average molecular weight is 283 g/mol. The van der Waals surface area contributed by atoms with E-state index in [-0.39, 0.29) is 12.1 Å². The molecule has 102 valence electrons. The third-order valence-corrected chi connectivity index (χ3v) is 2.09. The first-order chi connectivity index (χ1) is 8.48. The summed E-state index contributed by atoms with van der Waals surface area (Å²) in [5, 5.41) is 17.0. The molecule has 9 heteroatoms. The number of carbonyl (C=O) groups is 1. The van der Waals surface area contributed by atoms with Crippen molar-refractivity contribution in [2.75, 3.05) is 0 Å². The van der Waals surface area contributed by atoms with Crippen molar-refractivity contribution in [1.82, 2.24) is 0 Å². The van der Waals surface area contributed by atoms with Gasteiger partial charge in [-0.3, -0.25) is 0 Å². The van der Waals surface area contributed by atoms with Gasteiger partial charge in [-0.2, -0.15) is 31.6 Å². The summed E-state index contributed by atoms with van der Waals surface area (Å²) in [4.78, 5) is 10.6. The zero-order valence-electron chi connectivity index (χ0n) is 8.73. The normalized spacial score (nSPS) is 12.1. The van der Waals surface area contributed by atoms with Crippen molar-refractivity contribution < 1.29 is 36.2 Å². The Labute approximate surface area is 101 Å². The maximum absolute atomic E-state index is 12.6. The molecule has 0 aliphatic carbocycles. The fourth-order valence-electron chi connectivity index (χ4n) is 1.38. The number of hydrogen-bond donors (Lipinski definition) is 1. The first kappa shape index (κ1) is 14.8. The quantitative estimate of drug-likeness (QED) is 0.804. The highest BCUT2D eigenvalue weighted by atomic mass is 19.4. The Morgan fingerprint density at radius 2 is 1.63 bits per heavy atom. The highest BCUT2D eigenvalue weighted by molar-refractivity contribution is 5.88. The molecule has 3 nitrogen and oxygen atoms in total. The lowest BCUT2D eigenvalue weighted by Crippen LogP contribution is -2.19. The Hall–Kier alpha value is -2.24. The number of nitriles is 1. The van der Waals surface area contributed by atoms with E-state index in [4.69, 9.17) is 10.4 Å². The van der Waals surface area contributed by atoms with Crippen molar-refractivity contribution in [3.05, 3.63) is 34.4 Å². The topological polar surface area (TPSA) is 61.1 Å². The fraction of sp³-hybridized carbons (Fsp3) is 0.200. The van der Waals surface area contributed by atoms with E-state index in [0.717, 1.165) is 6.07 Å². The van der Waals surface area contributed by atoms with Gasteiger partial charge in [-0.05, 0) is 12.1 Å². The van der Waals surface area contributed by atoms with Gasteiger partial charge in [-0.15, -0.1) is 0 Å².